The van der Waals surface area contributed by atoms with E-state index in [0.717, 1.165) is 16.9 Å². The predicted molar refractivity (Wildman–Crippen MR) is 89.8 cm³/mol. The highest BCUT2D eigenvalue weighted by Crippen LogP contribution is 2.19. The molecule has 0 amide bonds. The van der Waals surface area contributed by atoms with E-state index in [0.29, 0.717) is 0 Å². The van der Waals surface area contributed by atoms with Crippen LogP contribution in [0.3, 0.4) is 0 Å². The fourth-order valence-electron chi connectivity index (χ4n) is 2.26. The van der Waals surface area contributed by atoms with E-state index >= 15 is 0 Å². The monoisotopic (exact) mass is 294 g/mol. The summed E-state index contributed by atoms with van der Waals surface area (Å²) in [5.74, 6) is 0. The number of hydrogen-bond acceptors (Lipinski definition) is 2. The van der Waals surface area contributed by atoms with Crippen LogP contribution < -0.4 is 4.80 Å². The quantitative estimate of drug-likeness (QED) is 0.674. The highest BCUT2D eigenvalue weighted by molar-refractivity contribution is 7.07. The van der Waals surface area contributed by atoms with Crippen LogP contribution in [-0.2, 0) is 13.5 Å². The second kappa shape index (κ2) is 6.10. The minimum atomic E-state index is 1.00. The van der Waals surface area contributed by atoms with E-state index < -0.39 is 0 Å². The molecule has 0 bridgehead atoms. The Morgan fingerprint density at radius 2 is 1.71 bits per heavy atom. The average molecular weight is 294 g/mol. The van der Waals surface area contributed by atoms with Crippen LogP contribution in [0.15, 0.2) is 65.0 Å². The summed E-state index contributed by atoms with van der Waals surface area (Å²) < 4.78 is 2.15. The standard InChI is InChI=1S/C18H18N2S/c1-3-14-9-11-16(12-10-14)19-18-20(2)17(13-21-18)15-7-5-4-6-8-15/h4-13H,3H2,1-2H3. The normalized spacial score (nSPS) is 11.8. The molecule has 3 heteroatoms. The molecule has 2 aromatic carbocycles. The number of nitrogens with zero attached hydrogens (tertiary/aromatic N) is 2. The van der Waals surface area contributed by atoms with E-state index in [-0.39, 0.29) is 0 Å². The molecule has 0 unspecified atom stereocenters. The summed E-state index contributed by atoms with van der Waals surface area (Å²) in [7, 11) is 2.07. The molecule has 0 saturated carbocycles. The third kappa shape index (κ3) is 2.98. The maximum Gasteiger partial charge on any atom is 0.190 e. The molecule has 0 atom stereocenters. The van der Waals surface area contributed by atoms with Gasteiger partial charge >= 0.3 is 0 Å². The van der Waals surface area contributed by atoms with Gasteiger partial charge in [-0.25, -0.2) is 4.99 Å². The fraction of sp³-hybridized carbons (Fsp3) is 0.167. The van der Waals surface area contributed by atoms with Crippen LogP contribution in [0.2, 0.25) is 0 Å². The van der Waals surface area contributed by atoms with Gasteiger partial charge in [-0.1, -0.05) is 49.4 Å². The van der Waals surface area contributed by atoms with Crippen molar-refractivity contribution in [2.45, 2.75) is 13.3 Å². The van der Waals surface area contributed by atoms with Gasteiger partial charge in [-0.2, -0.15) is 0 Å². The van der Waals surface area contributed by atoms with Crippen molar-refractivity contribution in [3.63, 3.8) is 0 Å². The summed E-state index contributed by atoms with van der Waals surface area (Å²) in [5, 5.41) is 2.16. The van der Waals surface area contributed by atoms with Gasteiger partial charge in [-0.15, -0.1) is 11.3 Å². The Morgan fingerprint density at radius 1 is 1.00 bits per heavy atom. The molecule has 0 fully saturated rings. The number of rotatable bonds is 3. The zero-order valence-corrected chi connectivity index (χ0v) is 13.1. The van der Waals surface area contributed by atoms with E-state index in [9.17, 15) is 0 Å². The average Bonchev–Trinajstić information content (AvgIpc) is 2.90. The molecule has 1 heterocycles. The van der Waals surface area contributed by atoms with Crippen LogP contribution in [0, 0.1) is 0 Å². The fourth-order valence-corrected chi connectivity index (χ4v) is 3.18. The van der Waals surface area contributed by atoms with Crippen molar-refractivity contribution in [3.8, 4) is 11.3 Å². The second-order valence-electron chi connectivity index (χ2n) is 4.96. The maximum atomic E-state index is 4.74. The predicted octanol–water partition coefficient (Wildman–Crippen LogP) is 4.55. The first-order valence-corrected chi connectivity index (χ1v) is 7.99. The Kier molecular flexibility index (Phi) is 4.02. The molecule has 0 saturated heterocycles. The molecule has 3 aromatic rings. The molecule has 0 aliphatic carbocycles. The van der Waals surface area contributed by atoms with Crippen LogP contribution >= 0.6 is 11.3 Å². The maximum absolute atomic E-state index is 4.74. The number of thiazole rings is 1. The summed E-state index contributed by atoms with van der Waals surface area (Å²) >= 11 is 1.67. The highest BCUT2D eigenvalue weighted by Gasteiger charge is 2.03. The minimum Gasteiger partial charge on any atom is -0.320 e. The largest absolute Gasteiger partial charge is 0.320 e. The number of aryl methyl sites for hydroxylation is 1. The Morgan fingerprint density at radius 3 is 2.38 bits per heavy atom. The molecular weight excluding hydrogens is 276 g/mol. The Hall–Kier alpha value is -2.13. The molecule has 3 rings (SSSR count). The van der Waals surface area contributed by atoms with Crippen molar-refractivity contribution >= 4 is 17.0 Å². The summed E-state index contributed by atoms with van der Waals surface area (Å²) in [6, 6.07) is 18.9. The summed E-state index contributed by atoms with van der Waals surface area (Å²) in [4.78, 5) is 5.76. The van der Waals surface area contributed by atoms with E-state index in [1.165, 1.54) is 16.8 Å². The van der Waals surface area contributed by atoms with Gasteiger partial charge in [0.2, 0.25) is 0 Å². The van der Waals surface area contributed by atoms with Gasteiger partial charge in [0, 0.05) is 12.4 Å². The lowest BCUT2D eigenvalue weighted by Gasteiger charge is -2.02. The van der Waals surface area contributed by atoms with Gasteiger partial charge in [0.15, 0.2) is 4.80 Å². The van der Waals surface area contributed by atoms with Crippen LogP contribution in [-0.4, -0.2) is 4.57 Å². The van der Waals surface area contributed by atoms with Gasteiger partial charge in [-0.05, 0) is 29.7 Å². The van der Waals surface area contributed by atoms with Crippen LogP contribution in [0.4, 0.5) is 5.69 Å². The van der Waals surface area contributed by atoms with Crippen molar-refractivity contribution in [2.75, 3.05) is 0 Å². The molecular formula is C18H18N2S. The zero-order chi connectivity index (χ0) is 14.7. The molecule has 0 aliphatic heterocycles. The van der Waals surface area contributed by atoms with Crippen molar-refractivity contribution in [1.29, 1.82) is 0 Å². The topological polar surface area (TPSA) is 17.3 Å². The van der Waals surface area contributed by atoms with E-state index in [2.05, 4.69) is 72.4 Å². The first kappa shape index (κ1) is 13.8. The van der Waals surface area contributed by atoms with Crippen LogP contribution in [0.1, 0.15) is 12.5 Å². The first-order chi connectivity index (χ1) is 10.3. The van der Waals surface area contributed by atoms with E-state index in [1.807, 2.05) is 6.07 Å². The van der Waals surface area contributed by atoms with Gasteiger partial charge in [0.05, 0.1) is 11.4 Å². The smallest absolute Gasteiger partial charge is 0.190 e. The Balaban J connectivity index is 2.00. The van der Waals surface area contributed by atoms with Gasteiger partial charge < -0.3 is 4.57 Å². The number of benzene rings is 2. The molecule has 0 N–H and O–H groups in total. The van der Waals surface area contributed by atoms with Crippen LogP contribution in [0.5, 0.6) is 0 Å². The second-order valence-corrected chi connectivity index (χ2v) is 5.80. The van der Waals surface area contributed by atoms with Gasteiger partial charge in [0.25, 0.3) is 0 Å². The molecule has 0 radical (unpaired) electrons. The highest BCUT2D eigenvalue weighted by atomic mass is 32.1. The summed E-state index contributed by atoms with van der Waals surface area (Å²) in [6.07, 6.45) is 1.06. The zero-order valence-electron chi connectivity index (χ0n) is 12.3. The van der Waals surface area contributed by atoms with E-state index in [4.69, 9.17) is 4.99 Å². The number of aromatic nitrogens is 1. The third-order valence-corrected chi connectivity index (χ3v) is 4.48. The van der Waals surface area contributed by atoms with Crippen molar-refractivity contribution in [2.24, 2.45) is 12.0 Å². The summed E-state index contributed by atoms with van der Waals surface area (Å²) in [5.41, 5.74) is 4.77. The molecule has 21 heavy (non-hydrogen) atoms. The summed E-state index contributed by atoms with van der Waals surface area (Å²) in [6.45, 7) is 2.16. The van der Waals surface area contributed by atoms with Crippen LogP contribution in [0.25, 0.3) is 11.3 Å². The van der Waals surface area contributed by atoms with Crippen molar-refractivity contribution < 1.29 is 0 Å². The molecule has 106 valence electrons. The number of hydrogen-bond donors (Lipinski definition) is 0. The first-order valence-electron chi connectivity index (χ1n) is 7.11. The molecule has 0 spiro atoms. The molecule has 2 nitrogen and oxygen atoms in total. The lowest BCUT2D eigenvalue weighted by atomic mass is 10.2. The Labute approximate surface area is 129 Å². The Bertz CT molecular complexity index is 780. The van der Waals surface area contributed by atoms with Gasteiger partial charge in [0.1, 0.15) is 0 Å². The van der Waals surface area contributed by atoms with E-state index in [1.54, 1.807) is 11.3 Å². The van der Waals surface area contributed by atoms with Gasteiger partial charge in [-0.3, -0.25) is 0 Å². The van der Waals surface area contributed by atoms with Crippen molar-refractivity contribution in [1.82, 2.24) is 4.57 Å². The SMILES string of the molecule is CCc1ccc(N=c2scc(-c3ccccc3)n2C)cc1. The molecule has 0 aliphatic rings. The molecule has 1 aromatic heterocycles. The lowest BCUT2D eigenvalue weighted by molar-refractivity contribution is 0.883. The lowest BCUT2D eigenvalue weighted by Crippen LogP contribution is -2.10. The van der Waals surface area contributed by atoms with Crippen molar-refractivity contribution in [3.05, 3.63) is 70.3 Å². The minimum absolute atomic E-state index is 1.00. The third-order valence-electron chi connectivity index (χ3n) is 3.56.